The van der Waals surface area contributed by atoms with E-state index in [0.29, 0.717) is 5.56 Å². The summed E-state index contributed by atoms with van der Waals surface area (Å²) >= 11 is 0. The number of amides is 1. The predicted molar refractivity (Wildman–Crippen MR) is 51.0 cm³/mol. The van der Waals surface area contributed by atoms with Gasteiger partial charge >= 0.3 is 0 Å². The Morgan fingerprint density at radius 1 is 1.50 bits per heavy atom. The Balaban J connectivity index is 2.73. The van der Waals surface area contributed by atoms with Crippen molar-refractivity contribution in [1.82, 2.24) is 14.6 Å². The van der Waals surface area contributed by atoms with Gasteiger partial charge in [-0.2, -0.15) is 5.10 Å². The van der Waals surface area contributed by atoms with E-state index >= 15 is 0 Å². The predicted octanol–water partition coefficient (Wildman–Crippen LogP) is 0.445. The highest BCUT2D eigenvalue weighted by molar-refractivity contribution is 5.92. The number of rotatable bonds is 1. The summed E-state index contributed by atoms with van der Waals surface area (Å²) in [6.45, 7) is 3.84. The molecule has 0 atom stereocenters. The number of aryl methyl sites for hydroxylation is 2. The van der Waals surface area contributed by atoms with Crippen molar-refractivity contribution in [3.05, 3.63) is 29.2 Å². The van der Waals surface area contributed by atoms with E-state index in [2.05, 4.69) is 10.1 Å². The summed E-state index contributed by atoms with van der Waals surface area (Å²) in [6, 6.07) is 0. The second-order valence-electron chi connectivity index (χ2n) is 3.19. The van der Waals surface area contributed by atoms with E-state index in [9.17, 15) is 4.79 Å². The molecule has 0 aromatic carbocycles. The third-order valence-electron chi connectivity index (χ3n) is 2.22. The molecular formula is C9H10N4O. The van der Waals surface area contributed by atoms with E-state index < -0.39 is 5.91 Å². The van der Waals surface area contributed by atoms with Crippen molar-refractivity contribution in [3.63, 3.8) is 0 Å². The molecule has 14 heavy (non-hydrogen) atoms. The minimum Gasteiger partial charge on any atom is -0.366 e. The fraction of sp³-hybridized carbons (Fsp3) is 0.222. The molecule has 1 amide bonds. The van der Waals surface area contributed by atoms with Crippen molar-refractivity contribution in [2.75, 3.05) is 0 Å². The lowest BCUT2D eigenvalue weighted by Gasteiger charge is -1.96. The van der Waals surface area contributed by atoms with Crippen molar-refractivity contribution in [2.24, 2.45) is 5.73 Å². The van der Waals surface area contributed by atoms with Gasteiger partial charge in [0.25, 0.3) is 5.91 Å². The van der Waals surface area contributed by atoms with Gasteiger partial charge in [0.1, 0.15) is 0 Å². The molecule has 0 radical (unpaired) electrons. The first-order chi connectivity index (χ1) is 6.59. The number of carbonyl (C=O) groups excluding carboxylic acids is 1. The molecule has 0 unspecified atom stereocenters. The first kappa shape index (κ1) is 8.68. The lowest BCUT2D eigenvalue weighted by molar-refractivity contribution is 0.0999. The third-order valence-corrected chi connectivity index (χ3v) is 2.22. The van der Waals surface area contributed by atoms with Gasteiger partial charge in [-0.05, 0) is 13.8 Å². The Labute approximate surface area is 80.6 Å². The van der Waals surface area contributed by atoms with E-state index in [1.54, 1.807) is 10.7 Å². The van der Waals surface area contributed by atoms with Crippen LogP contribution in [0.5, 0.6) is 0 Å². The van der Waals surface area contributed by atoms with E-state index in [1.165, 1.54) is 6.20 Å². The second-order valence-corrected chi connectivity index (χ2v) is 3.19. The molecule has 0 bridgehead atoms. The number of primary amides is 1. The van der Waals surface area contributed by atoms with Crippen molar-refractivity contribution in [2.45, 2.75) is 13.8 Å². The highest BCUT2D eigenvalue weighted by atomic mass is 16.1. The van der Waals surface area contributed by atoms with Crippen LogP contribution in [0.2, 0.25) is 0 Å². The van der Waals surface area contributed by atoms with Crippen LogP contribution in [0.3, 0.4) is 0 Å². The summed E-state index contributed by atoms with van der Waals surface area (Å²) in [7, 11) is 0. The van der Waals surface area contributed by atoms with E-state index in [-0.39, 0.29) is 0 Å². The van der Waals surface area contributed by atoms with Crippen LogP contribution in [0.25, 0.3) is 5.65 Å². The van der Waals surface area contributed by atoms with Gasteiger partial charge in [0.05, 0.1) is 11.3 Å². The summed E-state index contributed by atoms with van der Waals surface area (Å²) in [5.74, 6) is -0.495. The van der Waals surface area contributed by atoms with Gasteiger partial charge in [0.15, 0.2) is 5.65 Å². The van der Waals surface area contributed by atoms with Gasteiger partial charge in [0, 0.05) is 18.0 Å². The van der Waals surface area contributed by atoms with Gasteiger partial charge < -0.3 is 5.73 Å². The summed E-state index contributed by atoms with van der Waals surface area (Å²) < 4.78 is 1.57. The Morgan fingerprint density at radius 2 is 2.21 bits per heavy atom. The SMILES string of the molecule is Cc1nn2cc(C(N)=O)cnc2c1C. The van der Waals surface area contributed by atoms with Crippen molar-refractivity contribution in [3.8, 4) is 0 Å². The molecule has 0 saturated carbocycles. The zero-order valence-electron chi connectivity index (χ0n) is 7.98. The molecular weight excluding hydrogens is 180 g/mol. The van der Waals surface area contributed by atoms with Crippen molar-refractivity contribution < 1.29 is 4.79 Å². The molecule has 0 fully saturated rings. The minimum absolute atomic E-state index is 0.361. The number of hydrogen-bond donors (Lipinski definition) is 1. The summed E-state index contributed by atoms with van der Waals surface area (Å²) in [6.07, 6.45) is 3.05. The maximum atomic E-state index is 10.9. The maximum absolute atomic E-state index is 10.9. The molecule has 0 spiro atoms. The summed E-state index contributed by atoms with van der Waals surface area (Å²) in [5, 5.41) is 4.20. The van der Waals surface area contributed by atoms with Gasteiger partial charge in [-0.3, -0.25) is 4.79 Å². The lowest BCUT2D eigenvalue weighted by Crippen LogP contribution is -2.12. The number of hydrogen-bond acceptors (Lipinski definition) is 3. The standard InChI is InChI=1S/C9H10N4O/c1-5-6(2)12-13-4-7(8(10)14)3-11-9(5)13/h3-4H,1-2H3,(H2,10,14). The molecule has 2 rings (SSSR count). The highest BCUT2D eigenvalue weighted by Gasteiger charge is 2.08. The highest BCUT2D eigenvalue weighted by Crippen LogP contribution is 2.11. The zero-order chi connectivity index (χ0) is 10.3. The smallest absolute Gasteiger partial charge is 0.251 e. The molecule has 2 N–H and O–H groups in total. The average Bonchev–Trinajstić information content (AvgIpc) is 2.42. The van der Waals surface area contributed by atoms with Gasteiger partial charge in [0.2, 0.25) is 0 Å². The average molecular weight is 190 g/mol. The normalized spacial score (nSPS) is 10.7. The van der Waals surface area contributed by atoms with Gasteiger partial charge in [-0.15, -0.1) is 0 Å². The minimum atomic E-state index is -0.495. The van der Waals surface area contributed by atoms with Crippen molar-refractivity contribution >= 4 is 11.6 Å². The van der Waals surface area contributed by atoms with Crippen LogP contribution in [0.4, 0.5) is 0 Å². The van der Waals surface area contributed by atoms with Crippen LogP contribution in [-0.4, -0.2) is 20.5 Å². The zero-order valence-corrected chi connectivity index (χ0v) is 7.98. The van der Waals surface area contributed by atoms with Crippen molar-refractivity contribution in [1.29, 1.82) is 0 Å². The molecule has 0 aliphatic heterocycles. The first-order valence-corrected chi connectivity index (χ1v) is 4.21. The van der Waals surface area contributed by atoms with Crippen LogP contribution in [0.15, 0.2) is 12.4 Å². The Morgan fingerprint density at radius 3 is 2.86 bits per heavy atom. The Hall–Kier alpha value is -1.91. The number of nitrogens with two attached hydrogens (primary N) is 1. The molecule has 2 heterocycles. The molecule has 72 valence electrons. The first-order valence-electron chi connectivity index (χ1n) is 4.21. The van der Waals surface area contributed by atoms with E-state index in [0.717, 1.165) is 16.9 Å². The van der Waals surface area contributed by atoms with Gasteiger partial charge in [-0.25, -0.2) is 9.50 Å². The number of carbonyl (C=O) groups is 1. The lowest BCUT2D eigenvalue weighted by atomic mass is 10.3. The van der Waals surface area contributed by atoms with Crippen LogP contribution >= 0.6 is 0 Å². The fourth-order valence-electron chi connectivity index (χ4n) is 1.29. The Bertz CT molecular complexity index is 515. The molecule has 2 aromatic rings. The molecule has 5 nitrogen and oxygen atoms in total. The van der Waals surface area contributed by atoms with E-state index in [4.69, 9.17) is 5.73 Å². The number of nitrogens with zero attached hydrogens (tertiary/aromatic N) is 3. The molecule has 0 aliphatic carbocycles. The Kier molecular flexibility index (Phi) is 1.73. The van der Waals surface area contributed by atoms with Gasteiger partial charge in [-0.1, -0.05) is 0 Å². The van der Waals surface area contributed by atoms with Crippen LogP contribution in [0, 0.1) is 13.8 Å². The molecule has 0 saturated heterocycles. The summed E-state index contributed by atoms with van der Waals surface area (Å²) in [4.78, 5) is 15.0. The van der Waals surface area contributed by atoms with Crippen LogP contribution in [0.1, 0.15) is 21.6 Å². The summed E-state index contributed by atoms with van der Waals surface area (Å²) in [5.41, 5.74) is 8.16. The number of fused-ring (bicyclic) bond motifs is 1. The van der Waals surface area contributed by atoms with E-state index in [1.807, 2.05) is 13.8 Å². The molecule has 0 aliphatic rings. The topological polar surface area (TPSA) is 73.3 Å². The monoisotopic (exact) mass is 190 g/mol. The maximum Gasteiger partial charge on any atom is 0.251 e. The second kappa shape index (κ2) is 2.80. The third kappa shape index (κ3) is 1.14. The number of aromatic nitrogens is 3. The molecule has 5 heteroatoms. The largest absolute Gasteiger partial charge is 0.366 e. The quantitative estimate of drug-likeness (QED) is 0.709. The van der Waals surface area contributed by atoms with Crippen LogP contribution < -0.4 is 5.73 Å². The molecule has 2 aromatic heterocycles. The fourth-order valence-corrected chi connectivity index (χ4v) is 1.29. The van der Waals surface area contributed by atoms with Crippen LogP contribution in [-0.2, 0) is 0 Å².